The SMILES string of the molecule is O=C(OCC1CCCCC1)N(c1cccnc1)c1cccc(F)c1. The molecular weight excluding hydrogens is 307 g/mol. The van der Waals surface area contributed by atoms with Crippen molar-refractivity contribution in [2.24, 2.45) is 5.92 Å². The molecule has 0 aliphatic heterocycles. The number of hydrogen-bond acceptors (Lipinski definition) is 3. The van der Waals surface area contributed by atoms with Crippen molar-refractivity contribution >= 4 is 17.5 Å². The molecule has 2 aromatic rings. The van der Waals surface area contributed by atoms with Gasteiger partial charge in [0, 0.05) is 6.20 Å². The third-order valence-electron chi connectivity index (χ3n) is 4.32. The van der Waals surface area contributed by atoms with Gasteiger partial charge >= 0.3 is 6.09 Å². The largest absolute Gasteiger partial charge is 0.449 e. The Bertz CT molecular complexity index is 672. The van der Waals surface area contributed by atoms with E-state index in [0.29, 0.717) is 23.9 Å². The fourth-order valence-electron chi connectivity index (χ4n) is 3.07. The molecule has 0 unspecified atom stereocenters. The summed E-state index contributed by atoms with van der Waals surface area (Å²) in [6.45, 7) is 0.408. The molecule has 1 heterocycles. The highest BCUT2D eigenvalue weighted by molar-refractivity contribution is 5.95. The maximum atomic E-state index is 13.6. The van der Waals surface area contributed by atoms with Crippen molar-refractivity contribution in [3.63, 3.8) is 0 Å². The number of anilines is 2. The molecule has 1 saturated carbocycles. The quantitative estimate of drug-likeness (QED) is 0.786. The van der Waals surface area contributed by atoms with Crippen LogP contribution in [0.2, 0.25) is 0 Å². The molecular formula is C19H21FN2O2. The second-order valence-corrected chi connectivity index (χ2v) is 6.11. The summed E-state index contributed by atoms with van der Waals surface area (Å²) >= 11 is 0. The third kappa shape index (κ3) is 4.10. The number of nitrogens with zero attached hydrogens (tertiary/aromatic N) is 2. The van der Waals surface area contributed by atoms with Crippen LogP contribution in [0.25, 0.3) is 0 Å². The molecule has 1 fully saturated rings. The summed E-state index contributed by atoms with van der Waals surface area (Å²) in [5, 5.41) is 0. The Hall–Kier alpha value is -2.43. The number of halogens is 1. The van der Waals surface area contributed by atoms with E-state index in [4.69, 9.17) is 4.74 Å². The molecule has 1 amide bonds. The van der Waals surface area contributed by atoms with E-state index in [9.17, 15) is 9.18 Å². The Balaban J connectivity index is 1.77. The standard InChI is InChI=1S/C19H21FN2O2/c20-16-8-4-9-17(12-16)22(18-10-5-11-21-13-18)19(23)24-14-15-6-2-1-3-7-15/h4-5,8-13,15H,1-3,6-7,14H2. The summed E-state index contributed by atoms with van der Waals surface area (Å²) in [5.74, 6) is 0.0208. The second kappa shape index (κ2) is 7.90. The molecule has 0 radical (unpaired) electrons. The molecule has 1 aromatic heterocycles. The minimum Gasteiger partial charge on any atom is -0.449 e. The molecule has 24 heavy (non-hydrogen) atoms. The van der Waals surface area contributed by atoms with Crippen LogP contribution in [-0.2, 0) is 4.74 Å². The van der Waals surface area contributed by atoms with Gasteiger partial charge in [-0.05, 0) is 49.1 Å². The predicted octanol–water partition coefficient (Wildman–Crippen LogP) is 5.08. The van der Waals surface area contributed by atoms with Gasteiger partial charge in [0.2, 0.25) is 0 Å². The van der Waals surface area contributed by atoms with Crippen molar-refractivity contribution in [3.05, 3.63) is 54.6 Å². The maximum absolute atomic E-state index is 13.6. The Morgan fingerprint density at radius 1 is 1.17 bits per heavy atom. The van der Waals surface area contributed by atoms with E-state index in [0.717, 1.165) is 12.8 Å². The summed E-state index contributed by atoms with van der Waals surface area (Å²) in [4.78, 5) is 18.1. The van der Waals surface area contributed by atoms with Crippen LogP contribution in [0.15, 0.2) is 48.8 Å². The fraction of sp³-hybridized carbons (Fsp3) is 0.368. The van der Waals surface area contributed by atoms with Crippen LogP contribution in [0.3, 0.4) is 0 Å². The van der Waals surface area contributed by atoms with Gasteiger partial charge in [-0.25, -0.2) is 14.1 Å². The van der Waals surface area contributed by atoms with Crippen LogP contribution in [0.5, 0.6) is 0 Å². The topological polar surface area (TPSA) is 42.4 Å². The van der Waals surface area contributed by atoms with E-state index in [1.165, 1.54) is 36.3 Å². The van der Waals surface area contributed by atoms with Crippen LogP contribution < -0.4 is 4.90 Å². The second-order valence-electron chi connectivity index (χ2n) is 6.11. The summed E-state index contributed by atoms with van der Waals surface area (Å²) in [6, 6.07) is 9.39. The fourth-order valence-corrected chi connectivity index (χ4v) is 3.07. The van der Waals surface area contributed by atoms with Crippen LogP contribution >= 0.6 is 0 Å². The predicted molar refractivity (Wildman–Crippen MR) is 90.7 cm³/mol. The van der Waals surface area contributed by atoms with Gasteiger partial charge in [0.1, 0.15) is 5.82 Å². The van der Waals surface area contributed by atoms with Gasteiger partial charge in [-0.15, -0.1) is 0 Å². The minimum atomic E-state index is -0.501. The average molecular weight is 328 g/mol. The zero-order chi connectivity index (χ0) is 16.8. The van der Waals surface area contributed by atoms with Gasteiger partial charge in [-0.1, -0.05) is 25.3 Å². The van der Waals surface area contributed by atoms with Crippen molar-refractivity contribution in [3.8, 4) is 0 Å². The van der Waals surface area contributed by atoms with E-state index < -0.39 is 11.9 Å². The lowest BCUT2D eigenvalue weighted by molar-refractivity contribution is 0.124. The lowest BCUT2D eigenvalue weighted by atomic mass is 9.90. The molecule has 0 N–H and O–H groups in total. The van der Waals surface area contributed by atoms with Gasteiger partial charge in [-0.2, -0.15) is 0 Å². The smallest absolute Gasteiger partial charge is 0.419 e. The highest BCUT2D eigenvalue weighted by Gasteiger charge is 2.22. The van der Waals surface area contributed by atoms with Gasteiger partial charge in [0.15, 0.2) is 0 Å². The molecule has 1 aliphatic carbocycles. The first-order chi connectivity index (χ1) is 11.7. The number of pyridine rings is 1. The number of ether oxygens (including phenoxy) is 1. The van der Waals surface area contributed by atoms with Gasteiger partial charge in [0.25, 0.3) is 0 Å². The van der Waals surface area contributed by atoms with Crippen LogP contribution in [-0.4, -0.2) is 17.7 Å². The highest BCUT2D eigenvalue weighted by Crippen LogP contribution is 2.28. The van der Waals surface area contributed by atoms with Crippen molar-refractivity contribution in [2.75, 3.05) is 11.5 Å². The van der Waals surface area contributed by atoms with Crippen molar-refractivity contribution in [1.82, 2.24) is 4.98 Å². The minimum absolute atomic E-state index is 0.401. The van der Waals surface area contributed by atoms with Crippen molar-refractivity contribution < 1.29 is 13.9 Å². The van der Waals surface area contributed by atoms with E-state index in [1.807, 2.05) is 0 Å². The van der Waals surface area contributed by atoms with Gasteiger partial charge < -0.3 is 4.74 Å². The zero-order valence-electron chi connectivity index (χ0n) is 13.5. The highest BCUT2D eigenvalue weighted by atomic mass is 19.1. The number of amides is 1. The third-order valence-corrected chi connectivity index (χ3v) is 4.32. The lowest BCUT2D eigenvalue weighted by Crippen LogP contribution is -2.29. The summed E-state index contributed by atoms with van der Waals surface area (Å²) in [5.41, 5.74) is 0.980. The normalized spacial score (nSPS) is 15.0. The van der Waals surface area contributed by atoms with E-state index in [2.05, 4.69) is 4.98 Å². The molecule has 4 nitrogen and oxygen atoms in total. The number of aromatic nitrogens is 1. The van der Waals surface area contributed by atoms with Gasteiger partial charge in [0.05, 0.1) is 24.2 Å². The van der Waals surface area contributed by atoms with E-state index in [-0.39, 0.29) is 0 Å². The summed E-state index contributed by atoms with van der Waals surface area (Å²) in [6.07, 6.45) is 8.53. The molecule has 3 rings (SSSR count). The maximum Gasteiger partial charge on any atom is 0.419 e. The molecule has 126 valence electrons. The number of carbonyl (C=O) groups excluding carboxylic acids is 1. The Labute approximate surface area is 141 Å². The summed E-state index contributed by atoms with van der Waals surface area (Å²) in [7, 11) is 0. The Morgan fingerprint density at radius 2 is 1.96 bits per heavy atom. The number of benzene rings is 1. The van der Waals surface area contributed by atoms with Crippen LogP contribution in [0.4, 0.5) is 20.6 Å². The number of rotatable bonds is 4. The van der Waals surface area contributed by atoms with Crippen molar-refractivity contribution in [2.45, 2.75) is 32.1 Å². The first-order valence-corrected chi connectivity index (χ1v) is 8.36. The van der Waals surface area contributed by atoms with E-state index in [1.54, 1.807) is 36.7 Å². The van der Waals surface area contributed by atoms with Crippen molar-refractivity contribution in [1.29, 1.82) is 0 Å². The molecule has 0 saturated heterocycles. The lowest BCUT2D eigenvalue weighted by Gasteiger charge is -2.25. The molecule has 0 spiro atoms. The molecule has 1 aliphatic rings. The first-order valence-electron chi connectivity index (χ1n) is 8.36. The average Bonchev–Trinajstić information content (AvgIpc) is 2.62. The Kier molecular flexibility index (Phi) is 5.41. The Morgan fingerprint density at radius 3 is 2.67 bits per heavy atom. The summed E-state index contributed by atoms with van der Waals surface area (Å²) < 4.78 is 19.1. The molecule has 1 aromatic carbocycles. The number of carbonyl (C=O) groups is 1. The first kappa shape index (κ1) is 16.4. The monoisotopic (exact) mass is 328 g/mol. The molecule has 5 heteroatoms. The zero-order valence-corrected chi connectivity index (χ0v) is 13.5. The van der Waals surface area contributed by atoms with Crippen LogP contribution in [0, 0.1) is 11.7 Å². The molecule has 0 atom stereocenters. The van der Waals surface area contributed by atoms with Crippen LogP contribution in [0.1, 0.15) is 32.1 Å². The van der Waals surface area contributed by atoms with Gasteiger partial charge in [-0.3, -0.25) is 4.98 Å². The molecule has 0 bridgehead atoms. The number of hydrogen-bond donors (Lipinski definition) is 0. The van der Waals surface area contributed by atoms with E-state index >= 15 is 0 Å².